The Hall–Kier alpha value is -2.32. The van der Waals surface area contributed by atoms with E-state index in [4.69, 9.17) is 15.9 Å². The molecule has 0 aliphatic heterocycles. The summed E-state index contributed by atoms with van der Waals surface area (Å²) < 4.78 is 10.0. The molecule has 136 valence electrons. The van der Waals surface area contributed by atoms with E-state index in [1.807, 2.05) is 40.7 Å². The van der Waals surface area contributed by atoms with Gasteiger partial charge in [-0.2, -0.15) is 0 Å². The fourth-order valence-electron chi connectivity index (χ4n) is 2.52. The zero-order valence-corrected chi connectivity index (χ0v) is 15.9. The van der Waals surface area contributed by atoms with Crippen LogP contribution in [0.4, 0.5) is 0 Å². The van der Waals surface area contributed by atoms with Crippen LogP contribution >= 0.6 is 0 Å². The number of esters is 2. The van der Waals surface area contributed by atoms with E-state index in [1.54, 1.807) is 0 Å². The highest BCUT2D eigenvalue weighted by molar-refractivity contribution is 5.74. The first-order valence-corrected chi connectivity index (χ1v) is 8.17. The summed E-state index contributed by atoms with van der Waals surface area (Å²) in [4.78, 5) is 23.4. The van der Waals surface area contributed by atoms with Gasteiger partial charge in [-0.25, -0.2) is 0 Å². The van der Waals surface area contributed by atoms with Gasteiger partial charge in [-0.15, -0.1) is 6.42 Å². The smallest absolute Gasteiger partial charge is 0.320 e. The normalized spacial score (nSPS) is 10.9. The van der Waals surface area contributed by atoms with Gasteiger partial charge in [-0.3, -0.25) is 9.59 Å². The Labute approximate surface area is 150 Å². The number of terminal acetylenes is 1. The lowest BCUT2D eigenvalue weighted by Crippen LogP contribution is -2.31. The fourth-order valence-corrected chi connectivity index (χ4v) is 2.52. The molecule has 0 aromatic heterocycles. The van der Waals surface area contributed by atoms with Crippen molar-refractivity contribution in [2.75, 3.05) is 13.7 Å². The van der Waals surface area contributed by atoms with Crippen LogP contribution in [0.5, 0.6) is 0 Å². The number of carbonyl (C=O) groups excluding carboxylic acids is 2. The molecule has 0 fully saturated rings. The summed E-state index contributed by atoms with van der Waals surface area (Å²) in [5, 5.41) is 3.07. The molecular formula is C20H27NO4. The number of hydrogen-bond donors (Lipinski definition) is 1. The molecule has 0 spiro atoms. The van der Waals surface area contributed by atoms with Crippen LogP contribution in [0.2, 0.25) is 0 Å². The van der Waals surface area contributed by atoms with Crippen molar-refractivity contribution in [1.82, 2.24) is 5.32 Å². The van der Waals surface area contributed by atoms with Crippen LogP contribution in [0.1, 0.15) is 48.6 Å². The minimum absolute atomic E-state index is 0.0995. The monoisotopic (exact) mass is 345 g/mol. The summed E-state index contributed by atoms with van der Waals surface area (Å²) in [5.74, 6) is 2.06. The molecule has 1 N–H and O–H groups in total. The number of hydrogen-bond acceptors (Lipinski definition) is 5. The molecule has 5 heteroatoms. The average Bonchev–Trinajstić information content (AvgIpc) is 2.50. The van der Waals surface area contributed by atoms with Crippen LogP contribution in [0.15, 0.2) is 6.07 Å². The quantitative estimate of drug-likeness (QED) is 0.634. The van der Waals surface area contributed by atoms with Gasteiger partial charge in [0.2, 0.25) is 0 Å². The maximum Gasteiger partial charge on any atom is 0.320 e. The third-order valence-corrected chi connectivity index (χ3v) is 3.77. The molecule has 5 nitrogen and oxygen atoms in total. The maximum absolute atomic E-state index is 11.8. The molecule has 0 heterocycles. The Morgan fingerprint density at radius 2 is 1.76 bits per heavy atom. The number of ether oxygens (including phenoxy) is 2. The first-order chi connectivity index (χ1) is 11.6. The molecule has 0 saturated heterocycles. The van der Waals surface area contributed by atoms with E-state index < -0.39 is 5.60 Å². The predicted octanol–water partition coefficient (Wildman–Crippen LogP) is 2.43. The molecule has 0 radical (unpaired) electrons. The standard InChI is InChI=1S/C20H27NO4/c1-8-17-13(2)15(10-18(22)24-7)9-16(14(17)3)11-21-12-19(23)25-20(4,5)6/h1,9,21H,10-12H2,2-7H3. The predicted molar refractivity (Wildman–Crippen MR) is 97.1 cm³/mol. The molecule has 0 aliphatic rings. The van der Waals surface area contributed by atoms with Gasteiger partial charge in [0.15, 0.2) is 0 Å². The van der Waals surface area contributed by atoms with Gasteiger partial charge in [0, 0.05) is 12.1 Å². The number of nitrogens with one attached hydrogen (secondary N) is 1. The van der Waals surface area contributed by atoms with Gasteiger partial charge in [-0.05, 0) is 56.9 Å². The van der Waals surface area contributed by atoms with Gasteiger partial charge in [-0.1, -0.05) is 12.0 Å². The van der Waals surface area contributed by atoms with Crippen molar-refractivity contribution in [1.29, 1.82) is 0 Å². The molecule has 25 heavy (non-hydrogen) atoms. The summed E-state index contributed by atoms with van der Waals surface area (Å²) >= 11 is 0. The molecule has 0 aliphatic carbocycles. The zero-order chi connectivity index (χ0) is 19.2. The first-order valence-electron chi connectivity index (χ1n) is 8.17. The lowest BCUT2D eigenvalue weighted by atomic mass is 9.92. The average molecular weight is 345 g/mol. The number of benzene rings is 1. The lowest BCUT2D eigenvalue weighted by Gasteiger charge is -2.20. The Kier molecular flexibility index (Phi) is 7.20. The molecule has 1 aromatic carbocycles. The van der Waals surface area contributed by atoms with Crippen molar-refractivity contribution in [3.63, 3.8) is 0 Å². The summed E-state index contributed by atoms with van der Waals surface area (Å²) in [6.07, 6.45) is 5.80. The summed E-state index contributed by atoms with van der Waals surface area (Å²) in [6, 6.07) is 1.94. The SMILES string of the molecule is C#Cc1c(C)c(CNCC(=O)OC(C)(C)C)cc(CC(=O)OC)c1C. The van der Waals surface area contributed by atoms with Crippen LogP contribution in [0.25, 0.3) is 0 Å². The highest BCUT2D eigenvalue weighted by Crippen LogP contribution is 2.23. The minimum Gasteiger partial charge on any atom is -0.469 e. The van der Waals surface area contributed by atoms with Crippen molar-refractivity contribution in [3.8, 4) is 12.3 Å². The first kappa shape index (κ1) is 20.7. The fraction of sp³-hybridized carbons (Fsp3) is 0.500. The molecular weight excluding hydrogens is 318 g/mol. The third-order valence-electron chi connectivity index (χ3n) is 3.77. The van der Waals surface area contributed by atoms with E-state index in [-0.39, 0.29) is 24.9 Å². The second-order valence-electron chi connectivity index (χ2n) is 6.91. The van der Waals surface area contributed by atoms with Crippen molar-refractivity contribution in [3.05, 3.63) is 33.9 Å². The lowest BCUT2D eigenvalue weighted by molar-refractivity contribution is -0.153. The molecule has 1 aromatic rings. The Bertz CT molecular complexity index is 693. The zero-order valence-electron chi connectivity index (χ0n) is 15.9. The van der Waals surface area contributed by atoms with E-state index in [1.165, 1.54) is 7.11 Å². The van der Waals surface area contributed by atoms with Gasteiger partial charge >= 0.3 is 11.9 Å². The largest absolute Gasteiger partial charge is 0.469 e. The summed E-state index contributed by atoms with van der Waals surface area (Å²) in [5.41, 5.74) is 3.91. The Morgan fingerprint density at radius 1 is 1.16 bits per heavy atom. The van der Waals surface area contributed by atoms with Crippen LogP contribution in [-0.4, -0.2) is 31.2 Å². The van der Waals surface area contributed by atoms with E-state index >= 15 is 0 Å². The van der Waals surface area contributed by atoms with E-state index in [9.17, 15) is 9.59 Å². The van der Waals surface area contributed by atoms with Crippen LogP contribution in [0.3, 0.4) is 0 Å². The van der Waals surface area contributed by atoms with Crippen molar-refractivity contribution in [2.24, 2.45) is 0 Å². The van der Waals surface area contributed by atoms with Crippen LogP contribution in [-0.2, 0) is 32.0 Å². The summed E-state index contributed by atoms with van der Waals surface area (Å²) in [6.45, 7) is 9.87. The highest BCUT2D eigenvalue weighted by atomic mass is 16.6. The Morgan fingerprint density at radius 3 is 2.28 bits per heavy atom. The van der Waals surface area contributed by atoms with E-state index in [0.29, 0.717) is 6.54 Å². The van der Waals surface area contributed by atoms with Crippen molar-refractivity contribution < 1.29 is 19.1 Å². The second-order valence-corrected chi connectivity index (χ2v) is 6.91. The van der Waals surface area contributed by atoms with Crippen molar-refractivity contribution >= 4 is 11.9 Å². The molecule has 0 amide bonds. The molecule has 0 atom stereocenters. The Balaban J connectivity index is 2.92. The van der Waals surface area contributed by atoms with Gasteiger partial charge < -0.3 is 14.8 Å². The van der Waals surface area contributed by atoms with Gasteiger partial charge in [0.1, 0.15) is 5.60 Å². The molecule has 0 bridgehead atoms. The number of methoxy groups -OCH3 is 1. The third kappa shape index (κ3) is 6.24. The van der Waals surface area contributed by atoms with Crippen LogP contribution in [0, 0.1) is 26.2 Å². The number of rotatable bonds is 6. The number of carbonyl (C=O) groups is 2. The second kappa shape index (κ2) is 8.68. The minimum atomic E-state index is -0.511. The van der Waals surface area contributed by atoms with Crippen LogP contribution < -0.4 is 5.32 Å². The maximum atomic E-state index is 11.8. The topological polar surface area (TPSA) is 64.6 Å². The molecule has 1 rings (SSSR count). The highest BCUT2D eigenvalue weighted by Gasteiger charge is 2.17. The van der Waals surface area contributed by atoms with Gasteiger partial charge in [0.05, 0.1) is 20.1 Å². The van der Waals surface area contributed by atoms with Crippen molar-refractivity contribution in [2.45, 2.75) is 53.2 Å². The van der Waals surface area contributed by atoms with Gasteiger partial charge in [0.25, 0.3) is 0 Å². The summed E-state index contributed by atoms with van der Waals surface area (Å²) in [7, 11) is 1.36. The molecule has 0 saturated carbocycles. The molecule has 0 unspecified atom stereocenters. The van der Waals surface area contributed by atoms with E-state index in [2.05, 4.69) is 11.2 Å². The van der Waals surface area contributed by atoms with E-state index in [0.717, 1.165) is 27.8 Å².